The summed E-state index contributed by atoms with van der Waals surface area (Å²) in [6.45, 7) is 2.42. The van der Waals surface area contributed by atoms with Crippen molar-refractivity contribution in [1.82, 2.24) is 10.3 Å². The molecule has 2 fully saturated rings. The van der Waals surface area contributed by atoms with E-state index in [4.69, 9.17) is 17.4 Å². The number of hydrogen-bond acceptors (Lipinski definition) is 4. The molecule has 2 aliphatic rings. The number of halogens is 1. The minimum atomic E-state index is 0.163. The summed E-state index contributed by atoms with van der Waals surface area (Å²) >= 11 is 8.12. The lowest BCUT2D eigenvalue weighted by molar-refractivity contribution is 0.0371. The number of nitrogens with zero attached hydrogens (tertiary/aromatic N) is 1. The Labute approximate surface area is 130 Å². The highest BCUT2D eigenvalue weighted by Crippen LogP contribution is 2.47. The van der Waals surface area contributed by atoms with Crippen LogP contribution in [-0.4, -0.2) is 23.5 Å². The summed E-state index contributed by atoms with van der Waals surface area (Å²) in [5, 5.41) is 2.93. The van der Waals surface area contributed by atoms with Crippen molar-refractivity contribution in [3.63, 3.8) is 0 Å². The molecule has 1 aliphatic heterocycles. The molecule has 1 saturated carbocycles. The van der Waals surface area contributed by atoms with Crippen LogP contribution in [0.3, 0.4) is 0 Å². The fraction of sp³-hybridized carbons (Fsp3) is 0.733. The zero-order valence-electron chi connectivity index (χ0n) is 11.9. The van der Waals surface area contributed by atoms with Gasteiger partial charge < -0.3 is 0 Å². The zero-order chi connectivity index (χ0) is 14.0. The van der Waals surface area contributed by atoms with Gasteiger partial charge in [-0.25, -0.2) is 0 Å². The van der Waals surface area contributed by atoms with Gasteiger partial charge >= 0.3 is 0 Å². The minimum Gasteiger partial charge on any atom is -0.296 e. The van der Waals surface area contributed by atoms with Crippen LogP contribution in [0, 0.1) is 0 Å². The Bertz CT molecular complexity index is 436. The second-order valence-corrected chi connectivity index (χ2v) is 7.45. The first-order valence-corrected chi connectivity index (χ1v) is 8.98. The van der Waals surface area contributed by atoms with Crippen LogP contribution in [0.5, 0.6) is 0 Å². The molecule has 1 atom stereocenters. The maximum absolute atomic E-state index is 6.39. The van der Waals surface area contributed by atoms with Gasteiger partial charge in [-0.1, -0.05) is 30.9 Å². The number of hydrogen-bond donors (Lipinski definition) is 2. The maximum atomic E-state index is 6.39. The number of nitrogens with one attached hydrogen (secondary N) is 1. The van der Waals surface area contributed by atoms with Gasteiger partial charge in [0.15, 0.2) is 0 Å². The van der Waals surface area contributed by atoms with Gasteiger partial charge in [-0.2, -0.15) is 0 Å². The summed E-state index contributed by atoms with van der Waals surface area (Å²) in [4.78, 5) is 3.91. The van der Waals surface area contributed by atoms with E-state index in [1.165, 1.54) is 62.9 Å². The molecular weight excluding hydrogens is 290 g/mol. The number of rotatable bonds is 4. The number of hydrazine groups is 1. The number of thiophene rings is 1. The van der Waals surface area contributed by atoms with Crippen LogP contribution in [0.1, 0.15) is 55.9 Å². The molecule has 3 rings (SSSR count). The van der Waals surface area contributed by atoms with E-state index < -0.39 is 0 Å². The first kappa shape index (κ1) is 14.8. The Kier molecular flexibility index (Phi) is 4.68. The molecule has 3 nitrogen and oxygen atoms in total. The fourth-order valence-electron chi connectivity index (χ4n) is 4.10. The number of likely N-dealkylation sites (tertiary alicyclic amines) is 1. The van der Waals surface area contributed by atoms with Crippen molar-refractivity contribution in [3.8, 4) is 0 Å². The van der Waals surface area contributed by atoms with E-state index >= 15 is 0 Å². The van der Waals surface area contributed by atoms with E-state index in [1.807, 2.05) is 6.07 Å². The highest BCUT2D eigenvalue weighted by Gasteiger charge is 2.47. The molecule has 2 heterocycles. The minimum absolute atomic E-state index is 0.163. The van der Waals surface area contributed by atoms with Crippen LogP contribution >= 0.6 is 22.9 Å². The standard InChI is InChI=1S/C15H24ClN3S/c16-12-6-11-20-13(12)14(18-17)15(7-2-3-8-15)19-9-4-1-5-10-19/h6,11,14,18H,1-5,7-10,17H2. The van der Waals surface area contributed by atoms with E-state index in [0.29, 0.717) is 0 Å². The predicted octanol–water partition coefficient (Wildman–Crippen LogP) is 3.70. The summed E-state index contributed by atoms with van der Waals surface area (Å²) in [6.07, 6.45) is 9.07. The van der Waals surface area contributed by atoms with E-state index in [2.05, 4.69) is 15.7 Å². The second kappa shape index (κ2) is 6.32. The highest BCUT2D eigenvalue weighted by atomic mass is 35.5. The second-order valence-electron chi connectivity index (χ2n) is 6.09. The van der Waals surface area contributed by atoms with Gasteiger partial charge in [-0.3, -0.25) is 16.2 Å². The van der Waals surface area contributed by atoms with Gasteiger partial charge in [-0.05, 0) is 50.2 Å². The molecule has 3 N–H and O–H groups in total. The third-order valence-electron chi connectivity index (χ3n) is 5.07. The maximum Gasteiger partial charge on any atom is 0.0751 e. The molecule has 0 amide bonds. The quantitative estimate of drug-likeness (QED) is 0.658. The van der Waals surface area contributed by atoms with Crippen LogP contribution in [0.2, 0.25) is 5.02 Å². The van der Waals surface area contributed by atoms with Crippen LogP contribution in [0.4, 0.5) is 0 Å². The van der Waals surface area contributed by atoms with Crippen molar-refractivity contribution in [2.75, 3.05) is 13.1 Å². The Morgan fingerprint density at radius 2 is 1.90 bits per heavy atom. The average Bonchev–Trinajstić information content (AvgIpc) is 3.12. The Morgan fingerprint density at radius 3 is 2.45 bits per heavy atom. The Morgan fingerprint density at radius 1 is 1.20 bits per heavy atom. The average molecular weight is 314 g/mol. The third-order valence-corrected chi connectivity index (χ3v) is 6.49. The SMILES string of the molecule is NNC(c1sccc1Cl)C1(N2CCCCC2)CCCC1. The van der Waals surface area contributed by atoms with Crippen molar-refractivity contribution in [2.45, 2.75) is 56.5 Å². The summed E-state index contributed by atoms with van der Waals surface area (Å²) in [6, 6.07) is 2.15. The summed E-state index contributed by atoms with van der Waals surface area (Å²) in [5.74, 6) is 5.98. The third kappa shape index (κ3) is 2.53. The molecule has 1 saturated heterocycles. The fourth-order valence-corrected chi connectivity index (χ4v) is 5.44. The number of piperidine rings is 1. The van der Waals surface area contributed by atoms with Crippen LogP contribution in [0.25, 0.3) is 0 Å². The molecule has 1 aromatic heterocycles. The smallest absolute Gasteiger partial charge is 0.0751 e. The molecule has 112 valence electrons. The van der Waals surface area contributed by atoms with E-state index in [1.54, 1.807) is 11.3 Å². The van der Waals surface area contributed by atoms with Crippen LogP contribution in [-0.2, 0) is 0 Å². The highest BCUT2D eigenvalue weighted by molar-refractivity contribution is 7.10. The van der Waals surface area contributed by atoms with Gasteiger partial charge in [-0.15, -0.1) is 11.3 Å². The molecule has 1 unspecified atom stereocenters. The molecular formula is C15H24ClN3S. The van der Waals surface area contributed by atoms with Gasteiger partial charge in [0.05, 0.1) is 11.1 Å². The summed E-state index contributed by atoms with van der Waals surface area (Å²) in [7, 11) is 0. The molecule has 0 radical (unpaired) electrons. The largest absolute Gasteiger partial charge is 0.296 e. The van der Waals surface area contributed by atoms with Crippen molar-refractivity contribution in [3.05, 3.63) is 21.3 Å². The first-order valence-electron chi connectivity index (χ1n) is 7.72. The zero-order valence-corrected chi connectivity index (χ0v) is 13.5. The van der Waals surface area contributed by atoms with Gasteiger partial charge in [0.25, 0.3) is 0 Å². The van der Waals surface area contributed by atoms with Gasteiger partial charge in [0.2, 0.25) is 0 Å². The van der Waals surface area contributed by atoms with E-state index in [9.17, 15) is 0 Å². The molecule has 0 aromatic carbocycles. The van der Waals surface area contributed by atoms with Crippen molar-refractivity contribution in [2.24, 2.45) is 5.84 Å². The molecule has 20 heavy (non-hydrogen) atoms. The molecule has 0 bridgehead atoms. The van der Waals surface area contributed by atoms with Gasteiger partial charge in [0.1, 0.15) is 0 Å². The van der Waals surface area contributed by atoms with Gasteiger partial charge in [0, 0.05) is 10.4 Å². The first-order chi connectivity index (χ1) is 9.78. The number of nitrogens with two attached hydrogens (primary N) is 1. The van der Waals surface area contributed by atoms with Crippen molar-refractivity contribution < 1.29 is 0 Å². The van der Waals surface area contributed by atoms with E-state index in [-0.39, 0.29) is 11.6 Å². The summed E-state index contributed by atoms with van der Waals surface area (Å²) < 4.78 is 0. The van der Waals surface area contributed by atoms with Crippen LogP contribution in [0.15, 0.2) is 11.4 Å². The Balaban J connectivity index is 1.93. The molecule has 1 aromatic rings. The van der Waals surface area contributed by atoms with Crippen LogP contribution < -0.4 is 11.3 Å². The lowest BCUT2D eigenvalue weighted by Crippen LogP contribution is -2.57. The van der Waals surface area contributed by atoms with Crippen molar-refractivity contribution in [1.29, 1.82) is 0 Å². The topological polar surface area (TPSA) is 41.3 Å². The molecule has 0 spiro atoms. The lowest BCUT2D eigenvalue weighted by Gasteiger charge is -2.48. The monoisotopic (exact) mass is 313 g/mol. The normalized spacial score (nSPS) is 24.9. The van der Waals surface area contributed by atoms with E-state index in [0.717, 1.165) is 5.02 Å². The molecule has 1 aliphatic carbocycles. The predicted molar refractivity (Wildman–Crippen MR) is 86.0 cm³/mol. The van der Waals surface area contributed by atoms with Crippen molar-refractivity contribution >= 4 is 22.9 Å². The lowest BCUT2D eigenvalue weighted by atomic mass is 9.84. The molecule has 5 heteroatoms. The Hall–Kier alpha value is -0.130. The summed E-state index contributed by atoms with van der Waals surface area (Å²) in [5.41, 5.74) is 3.28.